The molecule has 1 aliphatic rings. The van der Waals surface area contributed by atoms with Crippen molar-refractivity contribution in [3.05, 3.63) is 42.0 Å². The Hall–Kier alpha value is -1.99. The zero-order valence-corrected chi connectivity index (χ0v) is 11.5. The first kappa shape index (κ1) is 17.1. The molecule has 1 aromatic rings. The van der Waals surface area contributed by atoms with E-state index < -0.39 is 7.25 Å². The summed E-state index contributed by atoms with van der Waals surface area (Å²) in [4.78, 5) is 4.34. The van der Waals surface area contributed by atoms with Crippen LogP contribution in [0.25, 0.3) is 5.70 Å². The molecule has 2 rings (SSSR count). The Morgan fingerprint density at radius 2 is 1.81 bits per heavy atom. The Bertz CT molecular complexity index is 483. The number of aliphatic imine (C=N–C) groups is 1. The van der Waals surface area contributed by atoms with Gasteiger partial charge in [-0.25, -0.2) is 4.99 Å². The molecule has 0 atom stereocenters. The van der Waals surface area contributed by atoms with Gasteiger partial charge >= 0.3 is 7.25 Å². The van der Waals surface area contributed by atoms with Crippen LogP contribution in [0.3, 0.4) is 0 Å². The van der Waals surface area contributed by atoms with Crippen LogP contribution >= 0.6 is 0 Å². The third-order valence-electron chi connectivity index (χ3n) is 2.34. The van der Waals surface area contributed by atoms with Gasteiger partial charge in [0.25, 0.3) is 0 Å². The van der Waals surface area contributed by atoms with Crippen molar-refractivity contribution in [3.8, 4) is 0 Å². The molecule has 0 spiro atoms. The molecule has 3 nitrogen and oxygen atoms in total. The van der Waals surface area contributed by atoms with Gasteiger partial charge in [-0.1, -0.05) is 30.3 Å². The molecule has 1 heterocycles. The van der Waals surface area contributed by atoms with Gasteiger partial charge in [0.05, 0.1) is 13.2 Å². The minimum absolute atomic E-state index is 0.650. The van der Waals surface area contributed by atoms with E-state index in [1.54, 1.807) is 0 Å². The Balaban J connectivity index is 0.000000383. The van der Waals surface area contributed by atoms with Gasteiger partial charge < -0.3 is 27.3 Å². The summed E-state index contributed by atoms with van der Waals surface area (Å²) in [5.41, 5.74) is 2.24. The van der Waals surface area contributed by atoms with Crippen LogP contribution in [0.2, 0.25) is 0 Å². The van der Waals surface area contributed by atoms with Crippen LogP contribution in [-0.4, -0.2) is 32.8 Å². The molecular weight excluding hydrogens is 287 g/mol. The van der Waals surface area contributed by atoms with Crippen molar-refractivity contribution in [2.75, 3.05) is 19.7 Å². The van der Waals surface area contributed by atoms with Crippen LogP contribution in [0.1, 0.15) is 12.5 Å². The molecule has 21 heavy (non-hydrogen) atoms. The van der Waals surface area contributed by atoms with E-state index in [1.807, 2.05) is 31.2 Å². The predicted octanol–water partition coefficient (Wildman–Crippen LogP) is 3.37. The zero-order chi connectivity index (χ0) is 15.7. The molecule has 0 saturated carbocycles. The van der Waals surface area contributed by atoms with E-state index in [0.717, 1.165) is 24.4 Å². The van der Waals surface area contributed by atoms with Crippen LogP contribution in [0.5, 0.6) is 0 Å². The summed E-state index contributed by atoms with van der Waals surface area (Å²) in [5.74, 6) is 0.714. The maximum Gasteiger partial charge on any atom is 0.673 e. The summed E-state index contributed by atoms with van der Waals surface area (Å²) in [6.07, 6.45) is 1.96. The molecule has 8 heteroatoms. The molecule has 1 aliphatic heterocycles. The normalized spacial score (nSPS) is 14.7. The first-order valence-electron chi connectivity index (χ1n) is 6.45. The lowest BCUT2D eigenvalue weighted by atomic mass is 10.1. The Labute approximate surface area is 120 Å². The van der Waals surface area contributed by atoms with Gasteiger partial charge in [0.15, 0.2) is 0 Å². The average molecular weight is 303 g/mol. The van der Waals surface area contributed by atoms with Gasteiger partial charge in [-0.05, 0) is 12.5 Å². The fourth-order valence-corrected chi connectivity index (χ4v) is 1.62. The maximum absolute atomic E-state index is 9.75. The fourth-order valence-electron chi connectivity index (χ4n) is 1.62. The summed E-state index contributed by atoms with van der Waals surface area (Å²) in [6, 6.07) is 10.2. The van der Waals surface area contributed by atoms with Crippen molar-refractivity contribution < 1.29 is 22.0 Å². The number of nitrogens with zero attached hydrogens (tertiary/aromatic N) is 1. The number of benzene rings is 1. The lowest BCUT2D eigenvalue weighted by molar-refractivity contribution is 0.329. The lowest BCUT2D eigenvalue weighted by Crippen LogP contribution is -2.14. The van der Waals surface area contributed by atoms with E-state index in [2.05, 4.69) is 22.4 Å². The SMILES string of the molecule is CCOC1=NCCNC(c2ccccc2)=C1.F[B-](F)(F)F. The molecule has 0 fully saturated rings. The van der Waals surface area contributed by atoms with E-state index in [0.29, 0.717) is 12.5 Å². The van der Waals surface area contributed by atoms with Crippen molar-refractivity contribution in [1.29, 1.82) is 0 Å². The molecule has 0 bridgehead atoms. The van der Waals surface area contributed by atoms with E-state index in [1.165, 1.54) is 0 Å². The van der Waals surface area contributed by atoms with Crippen LogP contribution in [0, 0.1) is 0 Å². The average Bonchev–Trinajstić information content (AvgIpc) is 2.64. The molecule has 116 valence electrons. The van der Waals surface area contributed by atoms with Crippen molar-refractivity contribution >= 4 is 18.8 Å². The highest BCUT2D eigenvalue weighted by molar-refractivity contribution is 6.50. The van der Waals surface area contributed by atoms with Crippen LogP contribution in [0.15, 0.2) is 41.4 Å². The highest BCUT2D eigenvalue weighted by Crippen LogP contribution is 2.12. The molecule has 0 saturated heterocycles. The second kappa shape index (κ2) is 8.33. The number of rotatable bonds is 2. The number of hydrogen-bond acceptors (Lipinski definition) is 3. The number of nitrogens with one attached hydrogen (secondary N) is 1. The van der Waals surface area contributed by atoms with Crippen LogP contribution in [-0.2, 0) is 4.74 Å². The Morgan fingerprint density at radius 1 is 1.19 bits per heavy atom. The second-order valence-electron chi connectivity index (χ2n) is 4.00. The summed E-state index contributed by atoms with van der Waals surface area (Å²) >= 11 is 0. The van der Waals surface area contributed by atoms with Gasteiger partial charge in [-0.2, -0.15) is 0 Å². The third-order valence-corrected chi connectivity index (χ3v) is 2.34. The van der Waals surface area contributed by atoms with E-state index in [-0.39, 0.29) is 0 Å². The quantitative estimate of drug-likeness (QED) is 0.671. The van der Waals surface area contributed by atoms with Gasteiger partial charge in [0.1, 0.15) is 0 Å². The molecule has 0 aromatic heterocycles. The van der Waals surface area contributed by atoms with Gasteiger partial charge in [0.2, 0.25) is 5.90 Å². The van der Waals surface area contributed by atoms with Crippen LogP contribution in [0.4, 0.5) is 17.3 Å². The van der Waals surface area contributed by atoms with E-state index in [9.17, 15) is 17.3 Å². The minimum atomic E-state index is -6.00. The Kier molecular flexibility index (Phi) is 6.77. The monoisotopic (exact) mass is 303 g/mol. The van der Waals surface area contributed by atoms with Crippen molar-refractivity contribution in [1.82, 2.24) is 5.32 Å². The summed E-state index contributed by atoms with van der Waals surface area (Å²) < 4.78 is 44.4. The van der Waals surface area contributed by atoms with Gasteiger partial charge in [-0.3, -0.25) is 0 Å². The lowest BCUT2D eigenvalue weighted by Gasteiger charge is -2.08. The molecule has 1 N–H and O–H groups in total. The number of halogens is 4. The smallest absolute Gasteiger partial charge is 0.478 e. The Morgan fingerprint density at radius 3 is 2.38 bits per heavy atom. The van der Waals surface area contributed by atoms with E-state index >= 15 is 0 Å². The largest absolute Gasteiger partial charge is 0.673 e. The highest BCUT2D eigenvalue weighted by atomic mass is 19.5. The number of ether oxygens (including phenoxy) is 1. The van der Waals surface area contributed by atoms with Crippen molar-refractivity contribution in [2.24, 2.45) is 4.99 Å². The first-order chi connectivity index (χ1) is 9.90. The topological polar surface area (TPSA) is 33.6 Å². The summed E-state index contributed by atoms with van der Waals surface area (Å²) in [7, 11) is -6.00. The summed E-state index contributed by atoms with van der Waals surface area (Å²) in [5, 5.41) is 3.35. The molecule has 0 unspecified atom stereocenters. The molecule has 0 radical (unpaired) electrons. The first-order valence-corrected chi connectivity index (χ1v) is 6.45. The fraction of sp³-hybridized carbons (Fsp3) is 0.308. The third kappa shape index (κ3) is 8.01. The molecule has 1 aromatic carbocycles. The van der Waals surface area contributed by atoms with Crippen molar-refractivity contribution in [2.45, 2.75) is 6.92 Å². The predicted molar refractivity (Wildman–Crippen MR) is 76.5 cm³/mol. The second-order valence-corrected chi connectivity index (χ2v) is 4.00. The molecular formula is C13H16BF4N2O-. The minimum Gasteiger partial charge on any atom is -0.478 e. The van der Waals surface area contributed by atoms with Gasteiger partial charge in [0, 0.05) is 18.3 Å². The molecule has 0 amide bonds. The highest BCUT2D eigenvalue weighted by Gasteiger charge is 2.20. The number of hydrogen-bond donors (Lipinski definition) is 1. The van der Waals surface area contributed by atoms with E-state index in [4.69, 9.17) is 4.74 Å². The maximum atomic E-state index is 9.75. The summed E-state index contributed by atoms with van der Waals surface area (Å²) in [6.45, 7) is 4.22. The standard InChI is InChI=1S/C13H16N2O.BF4/c1-2-16-13-10-12(14-8-9-15-13)11-6-4-3-5-7-11;2-1(3,4)5/h3-7,10,14H,2,8-9H2,1H3;/q;-1. The van der Waals surface area contributed by atoms with Crippen molar-refractivity contribution in [3.63, 3.8) is 0 Å². The zero-order valence-electron chi connectivity index (χ0n) is 11.5. The van der Waals surface area contributed by atoms with Crippen LogP contribution < -0.4 is 5.32 Å². The van der Waals surface area contributed by atoms with Gasteiger partial charge in [-0.15, -0.1) is 0 Å². The molecule has 0 aliphatic carbocycles.